The van der Waals surface area contributed by atoms with Crippen LogP contribution in [0.2, 0.25) is 0 Å². The molecule has 0 amide bonds. The van der Waals surface area contributed by atoms with Crippen molar-refractivity contribution in [1.29, 1.82) is 0 Å². The third-order valence-electron chi connectivity index (χ3n) is 4.34. The summed E-state index contributed by atoms with van der Waals surface area (Å²) in [6.07, 6.45) is 2.69. The molecule has 0 bridgehead atoms. The first-order chi connectivity index (χ1) is 13.3. The summed E-state index contributed by atoms with van der Waals surface area (Å²) >= 11 is -1.77. The van der Waals surface area contributed by atoms with Crippen LogP contribution in [0.4, 0.5) is 5.69 Å². The summed E-state index contributed by atoms with van der Waals surface area (Å²) in [6.45, 7) is 14.1. The standard InChI is InChI=1S/C13H18N.C10H12O.2ClH.Ru/c1-10-8-11(2)13(12(3)9-10)14-6-4-5-7-14;1-8(2)11-10-7-5-4-6-9(10)3;;;/h6,8-9H,4-5,7H2,1-3H3;3-8H,1-2H3;2*1H;/q-1;;;;+2/p-2. The second kappa shape index (κ2) is 11.3. The van der Waals surface area contributed by atoms with Crippen LogP contribution in [-0.4, -0.2) is 17.3 Å². The van der Waals surface area contributed by atoms with Crippen LogP contribution in [0, 0.1) is 27.3 Å². The SMILES string of the molecule is CC(C)Oc1ccccc1[CH]=[Ru]([Cl])[Cl].Cc1cc(C)c(N2[CH-]CCC2)c(C)c1. The van der Waals surface area contributed by atoms with E-state index in [-0.39, 0.29) is 6.10 Å². The monoisotopic (exact) mass is 508 g/mol. The number of nitrogens with zero attached hydrogens (tertiary/aromatic N) is 1. The number of halogens is 2. The quantitative estimate of drug-likeness (QED) is 0.328. The zero-order valence-corrected chi connectivity index (χ0v) is 20.5. The zero-order chi connectivity index (χ0) is 20.7. The van der Waals surface area contributed by atoms with Crippen LogP contribution in [0.1, 0.15) is 48.9 Å². The summed E-state index contributed by atoms with van der Waals surface area (Å²) < 4.78 is 7.51. The van der Waals surface area contributed by atoms with Crippen molar-refractivity contribution in [1.82, 2.24) is 0 Å². The molecule has 0 spiro atoms. The molecule has 0 atom stereocenters. The fraction of sp³-hybridized carbons (Fsp3) is 0.391. The molecule has 0 saturated carbocycles. The van der Waals surface area contributed by atoms with E-state index in [1.165, 1.54) is 41.8 Å². The number of para-hydroxylation sites is 1. The van der Waals surface area contributed by atoms with E-state index < -0.39 is 13.5 Å². The van der Waals surface area contributed by atoms with E-state index in [1.54, 1.807) is 0 Å². The van der Waals surface area contributed by atoms with Gasteiger partial charge >= 0.3 is 97.8 Å². The van der Waals surface area contributed by atoms with Crippen LogP contribution in [0.5, 0.6) is 5.75 Å². The van der Waals surface area contributed by atoms with Gasteiger partial charge in [-0.05, 0) is 38.4 Å². The van der Waals surface area contributed by atoms with Gasteiger partial charge in [0.05, 0.1) is 0 Å². The Balaban J connectivity index is 0.000000200. The van der Waals surface area contributed by atoms with Gasteiger partial charge in [0.25, 0.3) is 0 Å². The van der Waals surface area contributed by atoms with Crippen LogP contribution in [-0.2, 0) is 13.5 Å². The van der Waals surface area contributed by atoms with Gasteiger partial charge in [0.2, 0.25) is 0 Å². The third kappa shape index (κ3) is 7.17. The molecule has 0 unspecified atom stereocenters. The number of hydrogen-bond acceptors (Lipinski definition) is 2. The van der Waals surface area contributed by atoms with Gasteiger partial charge in [-0.15, -0.1) is 0 Å². The van der Waals surface area contributed by atoms with Crippen molar-refractivity contribution in [2.45, 2.75) is 53.6 Å². The van der Waals surface area contributed by atoms with Gasteiger partial charge in [-0.2, -0.15) is 6.42 Å². The van der Waals surface area contributed by atoms with E-state index in [1.807, 2.05) is 42.7 Å². The van der Waals surface area contributed by atoms with Crippen LogP contribution < -0.4 is 9.64 Å². The minimum atomic E-state index is -1.77. The minimum Gasteiger partial charge on any atom is -0.522 e. The molecular weight excluding hydrogens is 478 g/mol. The first-order valence-corrected chi connectivity index (χ1v) is 15.0. The van der Waals surface area contributed by atoms with Gasteiger partial charge in [0, 0.05) is 5.69 Å². The Kier molecular flexibility index (Phi) is 9.47. The molecule has 5 heteroatoms. The minimum absolute atomic E-state index is 0.163. The molecule has 1 aliphatic rings. The maximum atomic E-state index is 5.82. The van der Waals surface area contributed by atoms with E-state index in [0.29, 0.717) is 0 Å². The number of ether oxygens (including phenoxy) is 1. The van der Waals surface area contributed by atoms with Gasteiger partial charge in [0.15, 0.2) is 0 Å². The molecule has 2 nitrogen and oxygen atoms in total. The van der Waals surface area contributed by atoms with E-state index in [2.05, 4.69) is 44.3 Å². The van der Waals surface area contributed by atoms with Crippen LogP contribution in [0.3, 0.4) is 0 Å². The van der Waals surface area contributed by atoms with Crippen molar-refractivity contribution in [2.75, 3.05) is 11.4 Å². The number of aryl methyl sites for hydroxylation is 3. The van der Waals surface area contributed by atoms with Crippen LogP contribution >= 0.6 is 19.4 Å². The number of rotatable bonds is 4. The van der Waals surface area contributed by atoms with Crippen molar-refractivity contribution >= 4 is 29.7 Å². The fourth-order valence-electron chi connectivity index (χ4n) is 3.44. The van der Waals surface area contributed by atoms with Crippen molar-refractivity contribution in [3.05, 3.63) is 65.2 Å². The largest absolute Gasteiger partial charge is 0.522 e. The number of hydrogen-bond donors (Lipinski definition) is 0. The summed E-state index contributed by atoms with van der Waals surface area (Å²) in [5.74, 6) is 0.850. The van der Waals surface area contributed by atoms with Gasteiger partial charge in [-0.3, -0.25) is 0 Å². The van der Waals surface area contributed by atoms with E-state index in [0.717, 1.165) is 11.3 Å². The predicted octanol–water partition coefficient (Wildman–Crippen LogP) is 6.92. The smallest absolute Gasteiger partial charge is 0.0130 e. The molecule has 2 aromatic rings. The average molecular weight is 508 g/mol. The Bertz CT molecular complexity index is 787. The van der Waals surface area contributed by atoms with Crippen LogP contribution in [0.15, 0.2) is 36.4 Å². The molecular formula is C23H30Cl2NORu-. The molecule has 1 fully saturated rings. The fourth-order valence-corrected chi connectivity index (χ4v) is 5.24. The van der Waals surface area contributed by atoms with E-state index in [4.69, 9.17) is 24.1 Å². The Labute approximate surface area is 183 Å². The van der Waals surface area contributed by atoms with Gasteiger partial charge in [-0.1, -0.05) is 24.1 Å². The molecule has 1 aliphatic heterocycles. The normalized spacial score (nSPS) is 13.9. The molecule has 28 heavy (non-hydrogen) atoms. The Morgan fingerprint density at radius 3 is 2.29 bits per heavy atom. The summed E-state index contributed by atoms with van der Waals surface area (Å²) in [5, 5.41) is 0. The molecule has 2 aromatic carbocycles. The number of benzene rings is 2. The first kappa shape index (κ1) is 23.4. The predicted molar refractivity (Wildman–Crippen MR) is 121 cm³/mol. The zero-order valence-electron chi connectivity index (χ0n) is 17.3. The first-order valence-electron chi connectivity index (χ1n) is 9.54. The molecule has 156 valence electrons. The molecule has 0 N–H and O–H groups in total. The van der Waals surface area contributed by atoms with Gasteiger partial charge in [-0.25, -0.2) is 6.54 Å². The Hall–Kier alpha value is -0.887. The summed E-state index contributed by atoms with van der Waals surface area (Å²) in [7, 11) is 11.6. The molecule has 0 radical (unpaired) electrons. The maximum Gasteiger partial charge on any atom is 0.0130 e. The van der Waals surface area contributed by atoms with E-state index in [9.17, 15) is 0 Å². The Morgan fingerprint density at radius 2 is 1.75 bits per heavy atom. The van der Waals surface area contributed by atoms with Crippen molar-refractivity contribution in [3.63, 3.8) is 0 Å². The third-order valence-corrected chi connectivity index (χ3v) is 6.18. The molecule has 1 saturated heterocycles. The molecule has 0 aliphatic carbocycles. The molecule has 0 aromatic heterocycles. The topological polar surface area (TPSA) is 12.5 Å². The van der Waals surface area contributed by atoms with Crippen LogP contribution in [0.25, 0.3) is 0 Å². The second-order valence-corrected chi connectivity index (χ2v) is 13.0. The van der Waals surface area contributed by atoms with Gasteiger partial charge in [0.1, 0.15) is 0 Å². The second-order valence-electron chi connectivity index (χ2n) is 7.28. The van der Waals surface area contributed by atoms with Crippen molar-refractivity contribution < 1.29 is 18.3 Å². The van der Waals surface area contributed by atoms with Crippen molar-refractivity contribution in [3.8, 4) is 5.75 Å². The summed E-state index contributed by atoms with van der Waals surface area (Å²) in [6, 6.07) is 12.3. The Morgan fingerprint density at radius 1 is 1.11 bits per heavy atom. The van der Waals surface area contributed by atoms with Crippen molar-refractivity contribution in [2.24, 2.45) is 0 Å². The number of anilines is 1. The summed E-state index contributed by atoms with van der Waals surface area (Å²) in [4.78, 5) is 2.41. The molecule has 3 rings (SSSR count). The molecule has 1 heterocycles. The van der Waals surface area contributed by atoms with Gasteiger partial charge < -0.3 is 4.90 Å². The van der Waals surface area contributed by atoms with E-state index >= 15 is 0 Å². The average Bonchev–Trinajstić information content (AvgIpc) is 3.09. The summed E-state index contributed by atoms with van der Waals surface area (Å²) in [5.41, 5.74) is 6.59. The maximum absolute atomic E-state index is 5.82.